The highest BCUT2D eigenvalue weighted by Gasteiger charge is 2.27. The first-order valence-corrected chi connectivity index (χ1v) is 3.99. The van der Waals surface area contributed by atoms with E-state index in [0.717, 1.165) is 6.54 Å². The lowest BCUT2D eigenvalue weighted by molar-refractivity contribution is -0.142. The maximum absolute atomic E-state index is 10.8. The van der Waals surface area contributed by atoms with Gasteiger partial charge in [0.2, 0.25) is 0 Å². The molecule has 12 heavy (non-hydrogen) atoms. The summed E-state index contributed by atoms with van der Waals surface area (Å²) < 4.78 is 5.08. The SMILES string of the molecule is C=CC(=O)O[C@@H]1CNC[C@@H]1NC. The monoisotopic (exact) mass is 170 g/mol. The van der Waals surface area contributed by atoms with Gasteiger partial charge in [0, 0.05) is 19.2 Å². The molecule has 0 amide bonds. The minimum Gasteiger partial charge on any atom is -0.456 e. The Morgan fingerprint density at radius 2 is 2.50 bits per heavy atom. The lowest BCUT2D eigenvalue weighted by Gasteiger charge is -2.17. The molecule has 0 bridgehead atoms. The van der Waals surface area contributed by atoms with Crippen molar-refractivity contribution in [1.82, 2.24) is 10.6 Å². The van der Waals surface area contributed by atoms with E-state index in [-0.39, 0.29) is 18.1 Å². The van der Waals surface area contributed by atoms with Gasteiger partial charge in [0.1, 0.15) is 6.10 Å². The molecule has 0 aromatic heterocycles. The molecule has 1 rings (SSSR count). The van der Waals surface area contributed by atoms with Crippen LogP contribution in [0.2, 0.25) is 0 Å². The Hall–Kier alpha value is -0.870. The summed E-state index contributed by atoms with van der Waals surface area (Å²) in [5.41, 5.74) is 0. The number of ether oxygens (including phenoxy) is 1. The first-order chi connectivity index (χ1) is 5.77. The predicted molar refractivity (Wildman–Crippen MR) is 45.8 cm³/mol. The van der Waals surface area contributed by atoms with E-state index in [0.29, 0.717) is 6.54 Å². The van der Waals surface area contributed by atoms with Gasteiger partial charge in [-0.2, -0.15) is 0 Å². The van der Waals surface area contributed by atoms with Crippen molar-refractivity contribution in [3.8, 4) is 0 Å². The fraction of sp³-hybridized carbons (Fsp3) is 0.625. The zero-order valence-electron chi connectivity index (χ0n) is 7.17. The van der Waals surface area contributed by atoms with E-state index in [1.807, 2.05) is 7.05 Å². The van der Waals surface area contributed by atoms with Crippen molar-refractivity contribution >= 4 is 5.97 Å². The van der Waals surface area contributed by atoms with Crippen LogP contribution in [-0.2, 0) is 9.53 Å². The third kappa shape index (κ3) is 2.06. The molecule has 4 heteroatoms. The average Bonchev–Trinajstić information content (AvgIpc) is 2.51. The van der Waals surface area contributed by atoms with E-state index >= 15 is 0 Å². The zero-order chi connectivity index (χ0) is 8.97. The Morgan fingerprint density at radius 3 is 3.08 bits per heavy atom. The number of hydrogen-bond donors (Lipinski definition) is 2. The van der Waals surface area contributed by atoms with Gasteiger partial charge in [-0.15, -0.1) is 0 Å². The molecular weight excluding hydrogens is 156 g/mol. The van der Waals surface area contributed by atoms with E-state index in [9.17, 15) is 4.79 Å². The molecule has 0 aromatic carbocycles. The lowest BCUT2D eigenvalue weighted by Crippen LogP contribution is -2.39. The standard InChI is InChI=1S/C8H14N2O2/c1-3-8(11)12-7-5-10-4-6(7)9-2/h3,6-7,9-10H,1,4-5H2,2H3/t6-,7+/m0/s1. The van der Waals surface area contributed by atoms with Crippen molar-refractivity contribution in [2.45, 2.75) is 12.1 Å². The van der Waals surface area contributed by atoms with Gasteiger partial charge in [0.05, 0.1) is 6.04 Å². The van der Waals surface area contributed by atoms with E-state index < -0.39 is 0 Å². The Labute approximate surface area is 72.0 Å². The fourth-order valence-electron chi connectivity index (χ4n) is 1.26. The van der Waals surface area contributed by atoms with Crippen molar-refractivity contribution in [2.24, 2.45) is 0 Å². The molecule has 0 unspecified atom stereocenters. The summed E-state index contributed by atoms with van der Waals surface area (Å²) >= 11 is 0. The van der Waals surface area contributed by atoms with E-state index in [4.69, 9.17) is 4.74 Å². The van der Waals surface area contributed by atoms with Crippen LogP contribution in [-0.4, -0.2) is 38.3 Å². The molecule has 1 aliphatic rings. The smallest absolute Gasteiger partial charge is 0.330 e. The Balaban J connectivity index is 2.40. The van der Waals surface area contributed by atoms with Gasteiger partial charge in [-0.3, -0.25) is 0 Å². The molecule has 0 saturated carbocycles. The van der Waals surface area contributed by atoms with Crippen LogP contribution in [0.15, 0.2) is 12.7 Å². The fourth-order valence-corrected chi connectivity index (χ4v) is 1.26. The molecule has 2 N–H and O–H groups in total. The number of carbonyl (C=O) groups excluding carboxylic acids is 1. The first kappa shape index (κ1) is 9.22. The second-order valence-corrected chi connectivity index (χ2v) is 2.73. The molecule has 1 heterocycles. The molecule has 0 aliphatic carbocycles. The molecule has 0 aromatic rings. The molecule has 1 saturated heterocycles. The molecule has 4 nitrogen and oxygen atoms in total. The van der Waals surface area contributed by atoms with Crippen LogP contribution in [0.25, 0.3) is 0 Å². The van der Waals surface area contributed by atoms with Crippen molar-refractivity contribution in [1.29, 1.82) is 0 Å². The highest BCUT2D eigenvalue weighted by molar-refractivity contribution is 5.81. The number of rotatable bonds is 3. The van der Waals surface area contributed by atoms with Crippen molar-refractivity contribution in [2.75, 3.05) is 20.1 Å². The number of esters is 1. The second-order valence-electron chi connectivity index (χ2n) is 2.73. The summed E-state index contributed by atoms with van der Waals surface area (Å²) in [6, 6.07) is 0.217. The number of carbonyl (C=O) groups is 1. The van der Waals surface area contributed by atoms with Gasteiger partial charge >= 0.3 is 5.97 Å². The van der Waals surface area contributed by atoms with Crippen LogP contribution in [0.5, 0.6) is 0 Å². The minimum absolute atomic E-state index is 0.0690. The highest BCUT2D eigenvalue weighted by atomic mass is 16.5. The number of hydrogen-bond acceptors (Lipinski definition) is 4. The van der Waals surface area contributed by atoms with Gasteiger partial charge in [-0.25, -0.2) is 4.79 Å². The summed E-state index contributed by atoms with van der Waals surface area (Å²) in [6.07, 6.45) is 1.12. The van der Waals surface area contributed by atoms with Crippen molar-refractivity contribution < 1.29 is 9.53 Å². The van der Waals surface area contributed by atoms with Crippen LogP contribution in [0, 0.1) is 0 Å². The van der Waals surface area contributed by atoms with Crippen LogP contribution < -0.4 is 10.6 Å². The quantitative estimate of drug-likeness (QED) is 0.433. The lowest BCUT2D eigenvalue weighted by atomic mass is 10.2. The highest BCUT2D eigenvalue weighted by Crippen LogP contribution is 2.04. The largest absolute Gasteiger partial charge is 0.456 e. The summed E-state index contributed by atoms with van der Waals surface area (Å²) in [5.74, 6) is -0.357. The zero-order valence-corrected chi connectivity index (χ0v) is 7.17. The summed E-state index contributed by atoms with van der Waals surface area (Å²) in [4.78, 5) is 10.8. The Kier molecular flexibility index (Phi) is 3.25. The van der Waals surface area contributed by atoms with Crippen LogP contribution in [0.1, 0.15) is 0 Å². The molecule has 68 valence electrons. The van der Waals surface area contributed by atoms with Crippen LogP contribution in [0.3, 0.4) is 0 Å². The first-order valence-electron chi connectivity index (χ1n) is 3.99. The van der Waals surface area contributed by atoms with E-state index in [1.165, 1.54) is 6.08 Å². The summed E-state index contributed by atoms with van der Waals surface area (Å²) in [6.45, 7) is 4.89. The van der Waals surface area contributed by atoms with Crippen molar-refractivity contribution in [3.05, 3.63) is 12.7 Å². The van der Waals surface area contributed by atoms with Gasteiger partial charge in [0.25, 0.3) is 0 Å². The van der Waals surface area contributed by atoms with Gasteiger partial charge in [-0.1, -0.05) is 6.58 Å². The maximum atomic E-state index is 10.8. The molecule has 2 atom stereocenters. The third-order valence-electron chi connectivity index (χ3n) is 1.96. The number of nitrogens with one attached hydrogen (secondary N) is 2. The maximum Gasteiger partial charge on any atom is 0.330 e. The normalized spacial score (nSPS) is 28.4. The molecule has 1 aliphatic heterocycles. The summed E-state index contributed by atoms with van der Waals surface area (Å²) in [7, 11) is 1.85. The van der Waals surface area contributed by atoms with E-state index in [1.54, 1.807) is 0 Å². The average molecular weight is 170 g/mol. The van der Waals surface area contributed by atoms with E-state index in [2.05, 4.69) is 17.2 Å². The van der Waals surface area contributed by atoms with Gasteiger partial charge in [-0.05, 0) is 7.05 Å². The Bertz CT molecular complexity index is 182. The second kappa shape index (κ2) is 4.23. The minimum atomic E-state index is -0.357. The topological polar surface area (TPSA) is 50.4 Å². The molecule has 1 fully saturated rings. The van der Waals surface area contributed by atoms with Gasteiger partial charge in [0.15, 0.2) is 0 Å². The number of likely N-dealkylation sites (N-methyl/N-ethyl adjacent to an activating group) is 1. The third-order valence-corrected chi connectivity index (χ3v) is 1.96. The summed E-state index contributed by atoms with van der Waals surface area (Å²) in [5, 5.41) is 6.20. The predicted octanol–water partition coefficient (Wildman–Crippen LogP) is -0.725. The molecule has 0 spiro atoms. The van der Waals surface area contributed by atoms with Crippen LogP contribution in [0.4, 0.5) is 0 Å². The Morgan fingerprint density at radius 1 is 1.75 bits per heavy atom. The van der Waals surface area contributed by atoms with Crippen molar-refractivity contribution in [3.63, 3.8) is 0 Å². The van der Waals surface area contributed by atoms with Gasteiger partial charge < -0.3 is 15.4 Å². The molecule has 0 radical (unpaired) electrons. The van der Waals surface area contributed by atoms with Crippen LogP contribution >= 0.6 is 0 Å². The molecular formula is C8H14N2O2.